The second kappa shape index (κ2) is 6.35. The second-order valence-electron chi connectivity index (χ2n) is 5.63. The van der Waals surface area contributed by atoms with E-state index in [0.29, 0.717) is 23.4 Å². The first-order valence-corrected chi connectivity index (χ1v) is 7.72. The number of hydrogen-bond donors (Lipinski definition) is 2. The summed E-state index contributed by atoms with van der Waals surface area (Å²) in [5.41, 5.74) is 2.42. The number of carboxylic acids is 1. The zero-order valence-electron chi connectivity index (χ0n) is 13.7. The van der Waals surface area contributed by atoms with Crippen molar-refractivity contribution < 1.29 is 19.1 Å². The Morgan fingerprint density at radius 1 is 1.28 bits per heavy atom. The molecule has 0 fully saturated rings. The Morgan fingerprint density at radius 3 is 2.72 bits per heavy atom. The van der Waals surface area contributed by atoms with Crippen molar-refractivity contribution in [2.75, 3.05) is 5.32 Å². The molecule has 0 aliphatic heterocycles. The van der Waals surface area contributed by atoms with Crippen LogP contribution in [-0.4, -0.2) is 26.4 Å². The van der Waals surface area contributed by atoms with Crippen molar-refractivity contribution in [1.29, 1.82) is 0 Å². The molecule has 2 aromatic heterocycles. The predicted molar refractivity (Wildman–Crippen MR) is 90.6 cm³/mol. The molecule has 0 radical (unpaired) electrons. The molecule has 128 valence electrons. The SMILES string of the molecule is CCc1nc2ccc(F)cn2c1C(=O)Nc1cc(C(=O)O)ccc1C. The number of imidazole rings is 1. The fourth-order valence-electron chi connectivity index (χ4n) is 2.63. The number of aromatic nitrogens is 2. The summed E-state index contributed by atoms with van der Waals surface area (Å²) in [6.07, 6.45) is 1.71. The van der Waals surface area contributed by atoms with Gasteiger partial charge in [0.2, 0.25) is 0 Å². The van der Waals surface area contributed by atoms with Crippen LogP contribution in [0.1, 0.15) is 39.0 Å². The second-order valence-corrected chi connectivity index (χ2v) is 5.63. The van der Waals surface area contributed by atoms with Crippen molar-refractivity contribution >= 4 is 23.2 Å². The Balaban J connectivity index is 2.05. The molecule has 0 saturated carbocycles. The number of aromatic carboxylic acids is 1. The van der Waals surface area contributed by atoms with E-state index in [-0.39, 0.29) is 11.3 Å². The summed E-state index contributed by atoms with van der Waals surface area (Å²) >= 11 is 0. The maximum Gasteiger partial charge on any atom is 0.335 e. The van der Waals surface area contributed by atoms with Gasteiger partial charge in [0.1, 0.15) is 17.2 Å². The van der Waals surface area contributed by atoms with Gasteiger partial charge in [0.15, 0.2) is 0 Å². The van der Waals surface area contributed by atoms with E-state index in [1.165, 1.54) is 34.9 Å². The Hall–Kier alpha value is -3.22. The average molecular weight is 341 g/mol. The van der Waals surface area contributed by atoms with Gasteiger partial charge in [0.05, 0.1) is 11.3 Å². The summed E-state index contributed by atoms with van der Waals surface area (Å²) in [5.74, 6) is -2.03. The molecular formula is C18H16FN3O3. The van der Waals surface area contributed by atoms with Crippen LogP contribution in [0.5, 0.6) is 0 Å². The number of carbonyl (C=O) groups excluding carboxylic acids is 1. The molecule has 3 aromatic rings. The minimum absolute atomic E-state index is 0.0702. The number of amides is 1. The van der Waals surface area contributed by atoms with Crippen LogP contribution in [0.25, 0.3) is 5.65 Å². The third-order valence-electron chi connectivity index (χ3n) is 3.94. The van der Waals surface area contributed by atoms with Crippen LogP contribution in [0.2, 0.25) is 0 Å². The maximum absolute atomic E-state index is 13.6. The highest BCUT2D eigenvalue weighted by molar-refractivity contribution is 6.05. The fourth-order valence-corrected chi connectivity index (χ4v) is 2.63. The molecule has 2 N–H and O–H groups in total. The summed E-state index contributed by atoms with van der Waals surface area (Å²) in [4.78, 5) is 28.2. The van der Waals surface area contributed by atoms with Gasteiger partial charge in [-0.3, -0.25) is 9.20 Å². The van der Waals surface area contributed by atoms with Gasteiger partial charge in [-0.1, -0.05) is 13.0 Å². The number of hydrogen-bond acceptors (Lipinski definition) is 3. The first-order chi connectivity index (χ1) is 11.9. The largest absolute Gasteiger partial charge is 0.478 e. The fraction of sp³-hybridized carbons (Fsp3) is 0.167. The van der Waals surface area contributed by atoms with Crippen LogP contribution in [0.15, 0.2) is 36.5 Å². The van der Waals surface area contributed by atoms with Crippen LogP contribution < -0.4 is 5.32 Å². The van der Waals surface area contributed by atoms with Crippen LogP contribution in [0.3, 0.4) is 0 Å². The van der Waals surface area contributed by atoms with E-state index in [0.717, 1.165) is 5.56 Å². The molecule has 0 bridgehead atoms. The van der Waals surface area contributed by atoms with Gasteiger partial charge in [0.25, 0.3) is 5.91 Å². The topological polar surface area (TPSA) is 83.7 Å². The maximum atomic E-state index is 13.6. The van der Waals surface area contributed by atoms with Crippen molar-refractivity contribution in [2.45, 2.75) is 20.3 Å². The van der Waals surface area contributed by atoms with Crippen LogP contribution in [-0.2, 0) is 6.42 Å². The van der Waals surface area contributed by atoms with Crippen molar-refractivity contribution in [3.8, 4) is 0 Å². The molecule has 0 spiro atoms. The summed E-state index contributed by atoms with van der Waals surface area (Å²) < 4.78 is 15.0. The number of carboxylic acid groups (broad SMARTS) is 1. The molecule has 0 aliphatic carbocycles. The highest BCUT2D eigenvalue weighted by atomic mass is 19.1. The smallest absolute Gasteiger partial charge is 0.335 e. The highest BCUT2D eigenvalue weighted by Gasteiger charge is 2.19. The molecule has 6 nitrogen and oxygen atoms in total. The lowest BCUT2D eigenvalue weighted by Gasteiger charge is -2.10. The van der Waals surface area contributed by atoms with E-state index in [1.807, 2.05) is 6.92 Å². The van der Waals surface area contributed by atoms with Crippen LogP contribution in [0, 0.1) is 12.7 Å². The average Bonchev–Trinajstić information content (AvgIpc) is 2.94. The van der Waals surface area contributed by atoms with Crippen molar-refractivity contribution in [2.24, 2.45) is 0 Å². The third-order valence-corrected chi connectivity index (χ3v) is 3.94. The van der Waals surface area contributed by atoms with Gasteiger partial charge in [0, 0.05) is 11.9 Å². The number of nitrogens with one attached hydrogen (secondary N) is 1. The summed E-state index contributed by atoms with van der Waals surface area (Å²) in [5, 5.41) is 11.8. The van der Waals surface area contributed by atoms with Gasteiger partial charge in [-0.2, -0.15) is 0 Å². The molecule has 0 saturated heterocycles. The zero-order valence-corrected chi connectivity index (χ0v) is 13.7. The lowest BCUT2D eigenvalue weighted by atomic mass is 10.1. The Labute approximate surface area is 142 Å². The van der Waals surface area contributed by atoms with Gasteiger partial charge >= 0.3 is 5.97 Å². The summed E-state index contributed by atoms with van der Waals surface area (Å²) in [6.45, 7) is 3.61. The lowest BCUT2D eigenvalue weighted by molar-refractivity contribution is 0.0696. The highest BCUT2D eigenvalue weighted by Crippen LogP contribution is 2.20. The first kappa shape index (κ1) is 16.6. The van der Waals surface area contributed by atoms with Crippen LogP contribution >= 0.6 is 0 Å². The lowest BCUT2D eigenvalue weighted by Crippen LogP contribution is -2.17. The molecule has 0 unspecified atom stereocenters. The molecule has 3 rings (SSSR count). The number of nitrogens with zero attached hydrogens (tertiary/aromatic N) is 2. The number of pyridine rings is 1. The quantitative estimate of drug-likeness (QED) is 0.763. The van der Waals surface area contributed by atoms with Crippen molar-refractivity contribution in [3.05, 3.63) is 64.9 Å². The number of fused-ring (bicyclic) bond motifs is 1. The van der Waals surface area contributed by atoms with E-state index in [1.54, 1.807) is 13.0 Å². The standard InChI is InChI=1S/C18H16FN3O3/c1-3-13-16(22-9-12(19)6-7-15(22)20-13)17(23)21-14-8-11(18(24)25)5-4-10(14)2/h4-9H,3H2,1-2H3,(H,21,23)(H,24,25). The zero-order chi connectivity index (χ0) is 18.1. The van der Waals surface area contributed by atoms with Crippen LogP contribution in [0.4, 0.5) is 10.1 Å². The first-order valence-electron chi connectivity index (χ1n) is 7.72. The number of carbonyl (C=O) groups is 2. The summed E-state index contributed by atoms with van der Waals surface area (Å²) in [7, 11) is 0. The molecule has 2 heterocycles. The number of benzene rings is 1. The minimum atomic E-state index is -1.08. The van der Waals surface area contributed by atoms with Crippen molar-refractivity contribution in [1.82, 2.24) is 9.38 Å². The predicted octanol–water partition coefficient (Wildman–Crippen LogP) is 3.29. The molecular weight excluding hydrogens is 325 g/mol. The van der Waals surface area contributed by atoms with Gasteiger partial charge in [-0.05, 0) is 43.2 Å². The molecule has 25 heavy (non-hydrogen) atoms. The van der Waals surface area contributed by atoms with Gasteiger partial charge < -0.3 is 10.4 Å². The number of aryl methyl sites for hydroxylation is 2. The monoisotopic (exact) mass is 341 g/mol. The Morgan fingerprint density at radius 2 is 2.04 bits per heavy atom. The Kier molecular flexibility index (Phi) is 4.22. The number of anilines is 1. The molecule has 1 aromatic carbocycles. The molecule has 0 atom stereocenters. The molecule has 1 amide bonds. The molecule has 0 aliphatic rings. The number of halogens is 1. The molecule has 7 heteroatoms. The van der Waals surface area contributed by atoms with E-state index in [2.05, 4.69) is 10.3 Å². The minimum Gasteiger partial charge on any atom is -0.478 e. The summed E-state index contributed by atoms with van der Waals surface area (Å²) in [6, 6.07) is 7.26. The number of rotatable bonds is 4. The van der Waals surface area contributed by atoms with Gasteiger partial charge in [-0.25, -0.2) is 14.2 Å². The third kappa shape index (κ3) is 3.08. The van der Waals surface area contributed by atoms with Gasteiger partial charge in [-0.15, -0.1) is 0 Å². The normalized spacial score (nSPS) is 10.8. The van der Waals surface area contributed by atoms with E-state index < -0.39 is 17.7 Å². The van der Waals surface area contributed by atoms with E-state index >= 15 is 0 Å². The van der Waals surface area contributed by atoms with E-state index in [9.17, 15) is 14.0 Å². The van der Waals surface area contributed by atoms with E-state index in [4.69, 9.17) is 5.11 Å². The Bertz CT molecular complexity index is 995. The van der Waals surface area contributed by atoms with Crippen molar-refractivity contribution in [3.63, 3.8) is 0 Å².